The van der Waals surface area contributed by atoms with Crippen molar-refractivity contribution in [2.24, 2.45) is 0 Å². The standard InChI is InChI=1S/C19H20N2O4S/c1-13-10-18(14-4-7-17(25-2)8-5-14)21(20-13)16-6-9-19(26(3,23)24)15(11-16)12-22/h4-11,22H,12H2,1-3H3. The Bertz CT molecular complexity index is 1040. The van der Waals surface area contributed by atoms with E-state index in [1.807, 2.05) is 37.3 Å². The molecule has 26 heavy (non-hydrogen) atoms. The largest absolute Gasteiger partial charge is 0.497 e. The van der Waals surface area contributed by atoms with Gasteiger partial charge in [0.1, 0.15) is 5.75 Å². The summed E-state index contributed by atoms with van der Waals surface area (Å²) in [6.07, 6.45) is 1.13. The van der Waals surface area contributed by atoms with Crippen LogP contribution in [-0.2, 0) is 16.4 Å². The van der Waals surface area contributed by atoms with Gasteiger partial charge in [-0.05, 0) is 61.0 Å². The molecule has 0 amide bonds. The molecule has 1 aromatic heterocycles. The number of benzene rings is 2. The predicted molar refractivity (Wildman–Crippen MR) is 99.3 cm³/mol. The third-order valence-corrected chi connectivity index (χ3v) is 5.27. The Kier molecular flexibility index (Phi) is 4.84. The first-order chi connectivity index (χ1) is 12.3. The van der Waals surface area contributed by atoms with Gasteiger partial charge in [0.25, 0.3) is 0 Å². The van der Waals surface area contributed by atoms with Gasteiger partial charge >= 0.3 is 0 Å². The van der Waals surface area contributed by atoms with Crippen LogP contribution in [0.5, 0.6) is 5.75 Å². The molecule has 0 unspecified atom stereocenters. The van der Waals surface area contributed by atoms with Gasteiger partial charge in [-0.2, -0.15) is 5.10 Å². The highest BCUT2D eigenvalue weighted by atomic mass is 32.2. The van der Waals surface area contributed by atoms with Crippen LogP contribution in [0.15, 0.2) is 53.4 Å². The van der Waals surface area contributed by atoms with E-state index in [4.69, 9.17) is 4.74 Å². The maximum Gasteiger partial charge on any atom is 0.175 e. The van der Waals surface area contributed by atoms with Crippen LogP contribution in [0.2, 0.25) is 0 Å². The van der Waals surface area contributed by atoms with Crippen molar-refractivity contribution in [2.45, 2.75) is 18.4 Å². The number of aromatic nitrogens is 2. The number of hydrogen-bond acceptors (Lipinski definition) is 5. The average Bonchev–Trinajstić information content (AvgIpc) is 3.02. The quantitative estimate of drug-likeness (QED) is 0.745. The molecule has 6 nitrogen and oxygen atoms in total. The van der Waals surface area contributed by atoms with Crippen molar-refractivity contribution in [3.05, 3.63) is 59.8 Å². The number of ether oxygens (including phenoxy) is 1. The van der Waals surface area contributed by atoms with Crippen LogP contribution in [-0.4, -0.2) is 36.7 Å². The van der Waals surface area contributed by atoms with E-state index in [1.54, 1.807) is 23.9 Å². The van der Waals surface area contributed by atoms with E-state index in [1.165, 1.54) is 6.07 Å². The highest BCUT2D eigenvalue weighted by Gasteiger charge is 2.16. The summed E-state index contributed by atoms with van der Waals surface area (Å²) in [5, 5.41) is 14.1. The molecule has 0 aliphatic carbocycles. The van der Waals surface area contributed by atoms with Crippen LogP contribution in [0.3, 0.4) is 0 Å². The van der Waals surface area contributed by atoms with Gasteiger partial charge in [-0.15, -0.1) is 0 Å². The monoisotopic (exact) mass is 372 g/mol. The summed E-state index contributed by atoms with van der Waals surface area (Å²) in [5.74, 6) is 0.761. The molecule has 2 aromatic carbocycles. The van der Waals surface area contributed by atoms with E-state index >= 15 is 0 Å². The van der Waals surface area contributed by atoms with Gasteiger partial charge in [-0.1, -0.05) is 0 Å². The van der Waals surface area contributed by atoms with E-state index in [0.717, 1.165) is 29.0 Å². The number of aryl methyl sites for hydroxylation is 1. The molecule has 0 aliphatic rings. The summed E-state index contributed by atoms with van der Waals surface area (Å²) >= 11 is 0. The molecule has 7 heteroatoms. The summed E-state index contributed by atoms with van der Waals surface area (Å²) in [5.41, 5.74) is 3.66. The number of sulfone groups is 1. The van der Waals surface area contributed by atoms with Crippen molar-refractivity contribution in [2.75, 3.05) is 13.4 Å². The molecule has 1 heterocycles. The molecular weight excluding hydrogens is 352 g/mol. The maximum atomic E-state index is 11.9. The molecule has 0 saturated heterocycles. The van der Waals surface area contributed by atoms with Crippen LogP contribution in [0, 0.1) is 6.92 Å². The van der Waals surface area contributed by atoms with Gasteiger partial charge in [-0.3, -0.25) is 0 Å². The highest BCUT2D eigenvalue weighted by Crippen LogP contribution is 2.27. The molecule has 0 radical (unpaired) electrons. The molecule has 0 saturated carbocycles. The van der Waals surface area contributed by atoms with E-state index in [-0.39, 0.29) is 11.5 Å². The number of methoxy groups -OCH3 is 1. The van der Waals surface area contributed by atoms with Crippen molar-refractivity contribution in [1.29, 1.82) is 0 Å². The molecule has 3 aromatic rings. The fourth-order valence-electron chi connectivity index (χ4n) is 2.85. The second kappa shape index (κ2) is 6.93. The number of hydrogen-bond donors (Lipinski definition) is 1. The van der Waals surface area contributed by atoms with E-state index < -0.39 is 9.84 Å². The van der Waals surface area contributed by atoms with Gasteiger partial charge in [0.05, 0.1) is 35.7 Å². The summed E-state index contributed by atoms with van der Waals surface area (Å²) < 4.78 is 30.7. The zero-order valence-electron chi connectivity index (χ0n) is 14.8. The molecule has 1 N–H and O–H groups in total. The number of aliphatic hydroxyl groups is 1. The maximum absolute atomic E-state index is 11.9. The van der Waals surface area contributed by atoms with Gasteiger partial charge < -0.3 is 9.84 Å². The molecule has 0 fully saturated rings. The zero-order valence-corrected chi connectivity index (χ0v) is 15.6. The third kappa shape index (κ3) is 3.49. The topological polar surface area (TPSA) is 81.4 Å². The second-order valence-electron chi connectivity index (χ2n) is 6.03. The van der Waals surface area contributed by atoms with Crippen molar-refractivity contribution in [1.82, 2.24) is 9.78 Å². The van der Waals surface area contributed by atoms with Gasteiger partial charge in [0, 0.05) is 11.8 Å². The molecule has 0 bridgehead atoms. The van der Waals surface area contributed by atoms with Crippen molar-refractivity contribution in [3.63, 3.8) is 0 Å². The second-order valence-corrected chi connectivity index (χ2v) is 8.02. The minimum Gasteiger partial charge on any atom is -0.497 e. The van der Waals surface area contributed by atoms with Crippen LogP contribution in [0.25, 0.3) is 16.9 Å². The fourth-order valence-corrected chi connectivity index (χ4v) is 3.76. The van der Waals surface area contributed by atoms with Crippen LogP contribution in [0.4, 0.5) is 0 Å². The Morgan fingerprint density at radius 3 is 2.38 bits per heavy atom. The first-order valence-electron chi connectivity index (χ1n) is 7.99. The Hall–Kier alpha value is -2.64. The Labute approximate surface area is 152 Å². The lowest BCUT2D eigenvalue weighted by molar-refractivity contribution is 0.278. The van der Waals surface area contributed by atoms with Crippen molar-refractivity contribution in [3.8, 4) is 22.7 Å². The highest BCUT2D eigenvalue weighted by molar-refractivity contribution is 7.90. The minimum atomic E-state index is -3.41. The fraction of sp³-hybridized carbons (Fsp3) is 0.211. The number of aliphatic hydroxyl groups excluding tert-OH is 1. The molecular formula is C19H20N2O4S. The van der Waals surface area contributed by atoms with Crippen LogP contribution in [0.1, 0.15) is 11.3 Å². The molecule has 0 spiro atoms. The van der Waals surface area contributed by atoms with Crippen molar-refractivity contribution < 1.29 is 18.3 Å². The summed E-state index contributed by atoms with van der Waals surface area (Å²) in [6.45, 7) is 1.52. The van der Waals surface area contributed by atoms with E-state index in [2.05, 4.69) is 5.10 Å². The first kappa shape index (κ1) is 18.2. The van der Waals surface area contributed by atoms with Gasteiger partial charge in [0.2, 0.25) is 0 Å². The lowest BCUT2D eigenvalue weighted by Gasteiger charge is -2.12. The summed E-state index contributed by atoms with van der Waals surface area (Å²) in [4.78, 5) is 0.124. The lowest BCUT2D eigenvalue weighted by atomic mass is 10.1. The Morgan fingerprint density at radius 1 is 1.12 bits per heavy atom. The summed E-state index contributed by atoms with van der Waals surface area (Å²) in [6, 6.07) is 14.4. The zero-order chi connectivity index (χ0) is 18.9. The molecule has 136 valence electrons. The van der Waals surface area contributed by atoms with Gasteiger partial charge in [-0.25, -0.2) is 13.1 Å². The summed E-state index contributed by atoms with van der Waals surface area (Å²) in [7, 11) is -1.80. The Morgan fingerprint density at radius 2 is 1.81 bits per heavy atom. The van der Waals surface area contributed by atoms with Crippen molar-refractivity contribution >= 4 is 9.84 Å². The normalized spacial score (nSPS) is 11.5. The molecule has 0 aliphatic heterocycles. The number of nitrogens with zero attached hydrogens (tertiary/aromatic N) is 2. The molecule has 0 atom stereocenters. The minimum absolute atomic E-state index is 0.124. The van der Waals surface area contributed by atoms with Crippen LogP contribution < -0.4 is 4.74 Å². The van der Waals surface area contributed by atoms with E-state index in [9.17, 15) is 13.5 Å². The molecule has 3 rings (SSSR count). The van der Waals surface area contributed by atoms with Crippen LogP contribution >= 0.6 is 0 Å². The number of rotatable bonds is 5. The Balaban J connectivity index is 2.13. The average molecular weight is 372 g/mol. The van der Waals surface area contributed by atoms with E-state index in [0.29, 0.717) is 11.3 Å². The smallest absolute Gasteiger partial charge is 0.175 e. The third-order valence-electron chi connectivity index (χ3n) is 4.08. The predicted octanol–water partition coefficient (Wildman–Crippen LogP) is 2.75. The SMILES string of the molecule is COc1ccc(-c2cc(C)nn2-c2ccc(S(C)(=O)=O)c(CO)c2)cc1. The van der Waals surface area contributed by atoms with Gasteiger partial charge in [0.15, 0.2) is 9.84 Å². The lowest BCUT2D eigenvalue weighted by Crippen LogP contribution is -2.06. The first-order valence-corrected chi connectivity index (χ1v) is 9.88.